The Morgan fingerprint density at radius 1 is 1.17 bits per heavy atom. The Morgan fingerprint density at radius 2 is 1.88 bits per heavy atom. The first-order valence-electron chi connectivity index (χ1n) is 7.00. The summed E-state index contributed by atoms with van der Waals surface area (Å²) in [6.45, 7) is 0. The van der Waals surface area contributed by atoms with Gasteiger partial charge in [0.25, 0.3) is 0 Å². The molecule has 2 aromatic rings. The van der Waals surface area contributed by atoms with E-state index >= 15 is 0 Å². The topological polar surface area (TPSA) is 54.4 Å². The third kappa shape index (κ3) is 5.25. The lowest BCUT2D eigenvalue weighted by molar-refractivity contribution is -0.133. The molecule has 3 nitrogen and oxygen atoms in total. The van der Waals surface area contributed by atoms with Crippen LogP contribution in [0.3, 0.4) is 0 Å². The Bertz CT molecular complexity index is 770. The van der Waals surface area contributed by atoms with Crippen molar-refractivity contribution in [3.63, 3.8) is 0 Å². The monoisotopic (exact) mass is 362 g/mol. The van der Waals surface area contributed by atoms with E-state index in [0.717, 1.165) is 28.3 Å². The number of allylic oxidation sites excluding steroid dienone is 1. The molecule has 0 unspecified atom stereocenters. The van der Waals surface area contributed by atoms with Gasteiger partial charge in [-0.2, -0.15) is 0 Å². The molecule has 0 aliphatic rings. The van der Waals surface area contributed by atoms with Crippen LogP contribution in [0.2, 0.25) is 0 Å². The van der Waals surface area contributed by atoms with Crippen LogP contribution in [0.15, 0.2) is 58.3 Å². The van der Waals surface area contributed by atoms with Crippen LogP contribution in [0.1, 0.15) is 15.9 Å². The zero-order valence-corrected chi connectivity index (χ0v) is 14.5. The molecular weight excluding hydrogens is 347 g/mol. The van der Waals surface area contributed by atoms with E-state index < -0.39 is 11.8 Å². The molecule has 1 N–H and O–H groups in total. The van der Waals surface area contributed by atoms with Gasteiger partial charge >= 0.3 is 5.97 Å². The minimum atomic E-state index is -1.02. The molecule has 6 heteroatoms. The van der Waals surface area contributed by atoms with E-state index in [9.17, 15) is 14.0 Å². The van der Waals surface area contributed by atoms with E-state index in [1.807, 2.05) is 30.5 Å². The number of rotatable bonds is 7. The summed E-state index contributed by atoms with van der Waals surface area (Å²) in [5, 5.41) is 8.61. The van der Waals surface area contributed by atoms with Gasteiger partial charge in [-0.3, -0.25) is 9.59 Å². The highest BCUT2D eigenvalue weighted by Crippen LogP contribution is 2.23. The van der Waals surface area contributed by atoms with Gasteiger partial charge in [0.2, 0.25) is 0 Å². The molecular formula is C18H15FO3S2. The van der Waals surface area contributed by atoms with Crippen molar-refractivity contribution in [3.05, 3.63) is 65.5 Å². The number of carbonyl (C=O) groups excluding carboxylic acids is 1. The lowest BCUT2D eigenvalue weighted by Crippen LogP contribution is -2.00. The summed E-state index contributed by atoms with van der Waals surface area (Å²) in [6, 6.07) is 11.8. The largest absolute Gasteiger partial charge is 0.481 e. The fourth-order valence-corrected chi connectivity index (χ4v) is 2.94. The minimum absolute atomic E-state index is 0.214. The molecule has 0 atom stereocenters. The lowest BCUT2D eigenvalue weighted by atomic mass is 10.1. The van der Waals surface area contributed by atoms with Gasteiger partial charge < -0.3 is 5.11 Å². The summed E-state index contributed by atoms with van der Waals surface area (Å²) in [6.07, 6.45) is 5.06. The molecule has 0 heterocycles. The summed E-state index contributed by atoms with van der Waals surface area (Å²) in [4.78, 5) is 24.0. The maximum atomic E-state index is 13.9. The molecule has 0 radical (unpaired) electrons. The van der Waals surface area contributed by atoms with Crippen molar-refractivity contribution >= 4 is 41.4 Å². The van der Waals surface area contributed by atoms with Gasteiger partial charge in [0, 0.05) is 15.4 Å². The second-order valence-corrected chi connectivity index (χ2v) is 6.70. The van der Waals surface area contributed by atoms with E-state index in [0.29, 0.717) is 0 Å². The van der Waals surface area contributed by atoms with Crippen molar-refractivity contribution in [2.45, 2.75) is 9.79 Å². The first-order valence-corrected chi connectivity index (χ1v) is 9.21. The van der Waals surface area contributed by atoms with Crippen molar-refractivity contribution in [2.24, 2.45) is 0 Å². The van der Waals surface area contributed by atoms with Gasteiger partial charge in [-0.05, 0) is 48.2 Å². The number of hydrogen-bond donors (Lipinski definition) is 1. The van der Waals surface area contributed by atoms with Crippen molar-refractivity contribution in [1.29, 1.82) is 0 Å². The summed E-state index contributed by atoms with van der Waals surface area (Å²) >= 11 is 2.52. The Hall–Kier alpha value is -2.05. The minimum Gasteiger partial charge on any atom is -0.481 e. The zero-order chi connectivity index (χ0) is 17.5. The molecule has 0 saturated carbocycles. The number of carboxylic acids is 1. The van der Waals surface area contributed by atoms with Gasteiger partial charge in [-0.1, -0.05) is 18.2 Å². The number of benzene rings is 2. The van der Waals surface area contributed by atoms with Crippen LogP contribution in [0.5, 0.6) is 0 Å². The second-order valence-electron chi connectivity index (χ2n) is 4.80. The summed E-state index contributed by atoms with van der Waals surface area (Å²) < 4.78 is 13.9. The van der Waals surface area contributed by atoms with E-state index in [2.05, 4.69) is 0 Å². The Labute approximate surface area is 148 Å². The maximum Gasteiger partial charge on any atom is 0.313 e. The SMILES string of the molecule is CSc1ccc(/C=C/C(=O)c2ccc(SCC(=O)O)c(F)c2)cc1. The van der Waals surface area contributed by atoms with Crippen LogP contribution < -0.4 is 0 Å². The van der Waals surface area contributed by atoms with Gasteiger partial charge in [0.05, 0.1) is 5.75 Å². The van der Waals surface area contributed by atoms with E-state index in [1.165, 1.54) is 18.2 Å². The van der Waals surface area contributed by atoms with Crippen LogP contribution >= 0.6 is 23.5 Å². The van der Waals surface area contributed by atoms with Crippen molar-refractivity contribution in [3.8, 4) is 0 Å². The summed E-state index contributed by atoms with van der Waals surface area (Å²) in [7, 11) is 0. The normalized spacial score (nSPS) is 10.9. The molecule has 124 valence electrons. The number of halogens is 1. The van der Waals surface area contributed by atoms with Gasteiger partial charge in [0.15, 0.2) is 5.78 Å². The molecule has 0 fully saturated rings. The van der Waals surface area contributed by atoms with Gasteiger partial charge in [-0.25, -0.2) is 4.39 Å². The highest BCUT2D eigenvalue weighted by atomic mass is 32.2. The fraction of sp³-hybridized carbons (Fsp3) is 0.111. The molecule has 2 rings (SSSR count). The number of carbonyl (C=O) groups is 2. The fourth-order valence-electron chi connectivity index (χ4n) is 1.89. The predicted molar refractivity (Wildman–Crippen MR) is 96.3 cm³/mol. The summed E-state index contributed by atoms with van der Waals surface area (Å²) in [5.74, 6) is -2.15. The molecule has 0 bridgehead atoms. The molecule has 0 aromatic heterocycles. The number of ketones is 1. The van der Waals surface area contributed by atoms with E-state index in [1.54, 1.807) is 17.8 Å². The van der Waals surface area contributed by atoms with E-state index in [4.69, 9.17) is 5.11 Å². The molecule has 0 aliphatic heterocycles. The van der Waals surface area contributed by atoms with Gasteiger partial charge in [0.1, 0.15) is 5.82 Å². The Morgan fingerprint density at radius 3 is 2.46 bits per heavy atom. The number of aliphatic carboxylic acids is 1. The van der Waals surface area contributed by atoms with Crippen molar-refractivity contribution < 1.29 is 19.1 Å². The van der Waals surface area contributed by atoms with Gasteiger partial charge in [-0.15, -0.1) is 23.5 Å². The molecule has 0 amide bonds. The number of hydrogen-bond acceptors (Lipinski definition) is 4. The van der Waals surface area contributed by atoms with E-state index in [-0.39, 0.29) is 22.0 Å². The Kier molecular flexibility index (Phi) is 6.63. The van der Waals surface area contributed by atoms with Crippen LogP contribution in [0.4, 0.5) is 4.39 Å². The van der Waals surface area contributed by atoms with Crippen LogP contribution in [0, 0.1) is 5.82 Å². The second kappa shape index (κ2) is 8.70. The Balaban J connectivity index is 2.07. The molecule has 0 saturated heterocycles. The molecule has 0 aliphatic carbocycles. The average Bonchev–Trinajstić information content (AvgIpc) is 2.58. The smallest absolute Gasteiger partial charge is 0.313 e. The molecule has 24 heavy (non-hydrogen) atoms. The van der Waals surface area contributed by atoms with Crippen LogP contribution in [-0.4, -0.2) is 28.9 Å². The first kappa shape index (κ1) is 18.3. The first-order chi connectivity index (χ1) is 11.5. The molecule has 0 spiro atoms. The predicted octanol–water partition coefficient (Wildman–Crippen LogP) is 4.62. The zero-order valence-electron chi connectivity index (χ0n) is 12.9. The van der Waals surface area contributed by atoms with Crippen LogP contribution in [0.25, 0.3) is 6.08 Å². The molecule has 2 aromatic carbocycles. The van der Waals surface area contributed by atoms with Crippen molar-refractivity contribution in [2.75, 3.05) is 12.0 Å². The number of thioether (sulfide) groups is 2. The standard InChI is InChI=1S/C18H15FO3S2/c1-23-14-6-2-12(3-7-14)4-8-16(20)13-5-9-17(15(19)10-13)24-11-18(21)22/h2-10H,11H2,1H3,(H,21,22)/b8-4+. The highest BCUT2D eigenvalue weighted by molar-refractivity contribution is 8.00. The van der Waals surface area contributed by atoms with Crippen molar-refractivity contribution in [1.82, 2.24) is 0 Å². The quantitative estimate of drug-likeness (QED) is 0.442. The average molecular weight is 362 g/mol. The van der Waals surface area contributed by atoms with Crippen LogP contribution in [-0.2, 0) is 4.79 Å². The highest BCUT2D eigenvalue weighted by Gasteiger charge is 2.09. The summed E-state index contributed by atoms with van der Waals surface area (Å²) in [5.41, 5.74) is 1.11. The third-order valence-electron chi connectivity index (χ3n) is 3.11. The number of carboxylic acid groups (broad SMARTS) is 1. The third-order valence-corrected chi connectivity index (χ3v) is 4.89. The lowest BCUT2D eigenvalue weighted by Gasteiger charge is -2.03. The maximum absolute atomic E-state index is 13.9.